The molecule has 0 aliphatic carbocycles. The van der Waals surface area contributed by atoms with E-state index in [-0.39, 0.29) is 11.8 Å². The van der Waals surface area contributed by atoms with Gasteiger partial charge in [0, 0.05) is 12.5 Å². The van der Waals surface area contributed by atoms with Crippen LogP contribution in [-0.2, 0) is 4.79 Å². The number of carbonyl (C=O) groups is 1. The average molecular weight is 287 g/mol. The number of aliphatic hydroxyl groups is 1. The first-order chi connectivity index (χ1) is 9.01. The molecule has 110 valence electrons. The van der Waals surface area contributed by atoms with E-state index in [0.29, 0.717) is 18.1 Å². The quantitative estimate of drug-likeness (QED) is 0.307. The van der Waals surface area contributed by atoms with Crippen molar-refractivity contribution in [3.05, 3.63) is 12.7 Å². The fraction of sp³-hybridized carbons (Fsp3) is 0.692. The summed E-state index contributed by atoms with van der Waals surface area (Å²) in [4.78, 5) is 12.0. The van der Waals surface area contributed by atoms with Crippen molar-refractivity contribution in [3.63, 3.8) is 0 Å². The second-order valence-electron chi connectivity index (χ2n) is 4.54. The van der Waals surface area contributed by atoms with Crippen LogP contribution in [0.2, 0.25) is 0 Å². The summed E-state index contributed by atoms with van der Waals surface area (Å²) >= 11 is 4.97. The van der Waals surface area contributed by atoms with Gasteiger partial charge >= 0.3 is 0 Å². The number of hydrogen-bond acceptors (Lipinski definition) is 3. The zero-order valence-electron chi connectivity index (χ0n) is 11.7. The van der Waals surface area contributed by atoms with Gasteiger partial charge in [0.25, 0.3) is 0 Å². The third-order valence-electron chi connectivity index (χ3n) is 2.61. The topological polar surface area (TPSA) is 73.4 Å². The monoisotopic (exact) mass is 287 g/mol. The first-order valence-electron chi connectivity index (χ1n) is 6.63. The minimum atomic E-state index is -0.488. The van der Waals surface area contributed by atoms with Crippen LogP contribution in [0.15, 0.2) is 12.7 Å². The van der Waals surface area contributed by atoms with Gasteiger partial charge in [-0.1, -0.05) is 25.8 Å². The first-order valence-corrected chi connectivity index (χ1v) is 7.04. The Balaban J connectivity index is 4.15. The molecule has 1 amide bonds. The van der Waals surface area contributed by atoms with E-state index >= 15 is 0 Å². The molecule has 5 nitrogen and oxygen atoms in total. The van der Waals surface area contributed by atoms with E-state index in [1.807, 2.05) is 0 Å². The van der Waals surface area contributed by atoms with Gasteiger partial charge in [-0.05, 0) is 32.0 Å². The van der Waals surface area contributed by atoms with Crippen molar-refractivity contribution >= 4 is 23.2 Å². The molecule has 0 aliphatic rings. The van der Waals surface area contributed by atoms with Gasteiger partial charge in [0.1, 0.15) is 0 Å². The number of aliphatic hydroxyl groups excluding tert-OH is 1. The normalized spacial score (nSPS) is 13.2. The molecule has 19 heavy (non-hydrogen) atoms. The van der Waals surface area contributed by atoms with Crippen molar-refractivity contribution < 1.29 is 9.90 Å². The number of unbranched alkanes of at least 4 members (excludes halogenated alkanes) is 1. The van der Waals surface area contributed by atoms with E-state index < -0.39 is 6.10 Å². The summed E-state index contributed by atoms with van der Waals surface area (Å²) < 4.78 is 0. The Labute approximate surface area is 120 Å². The number of hydrazine groups is 1. The zero-order valence-corrected chi connectivity index (χ0v) is 12.6. The van der Waals surface area contributed by atoms with Crippen molar-refractivity contribution in [3.8, 4) is 0 Å². The maximum atomic E-state index is 12.0. The van der Waals surface area contributed by atoms with Crippen LogP contribution in [0.25, 0.3) is 0 Å². The molecule has 0 saturated carbocycles. The fourth-order valence-electron chi connectivity index (χ4n) is 1.65. The van der Waals surface area contributed by atoms with Crippen molar-refractivity contribution in [1.29, 1.82) is 0 Å². The van der Waals surface area contributed by atoms with Crippen LogP contribution >= 0.6 is 12.2 Å². The Bertz CT molecular complexity index is 296. The fourth-order valence-corrected chi connectivity index (χ4v) is 1.78. The van der Waals surface area contributed by atoms with Gasteiger partial charge in [0.05, 0.1) is 6.10 Å². The smallest absolute Gasteiger partial charge is 0.241 e. The van der Waals surface area contributed by atoms with E-state index in [1.165, 1.54) is 0 Å². The molecular weight excluding hydrogens is 262 g/mol. The number of amides is 1. The Morgan fingerprint density at radius 2 is 2.16 bits per heavy atom. The molecule has 0 heterocycles. The lowest BCUT2D eigenvalue weighted by Crippen LogP contribution is -2.49. The van der Waals surface area contributed by atoms with Crippen LogP contribution < -0.4 is 16.2 Å². The number of hydrogen-bond donors (Lipinski definition) is 4. The predicted molar refractivity (Wildman–Crippen MR) is 81.4 cm³/mol. The Hall–Kier alpha value is -1.14. The molecule has 0 radical (unpaired) electrons. The van der Waals surface area contributed by atoms with Gasteiger partial charge in [-0.25, -0.2) is 0 Å². The van der Waals surface area contributed by atoms with Crippen molar-refractivity contribution in [2.45, 2.75) is 45.6 Å². The molecule has 0 unspecified atom stereocenters. The molecule has 6 heteroatoms. The molecule has 0 fully saturated rings. The van der Waals surface area contributed by atoms with Crippen molar-refractivity contribution in [2.75, 3.05) is 6.54 Å². The Kier molecular flexibility index (Phi) is 10.1. The van der Waals surface area contributed by atoms with E-state index in [1.54, 1.807) is 13.0 Å². The maximum absolute atomic E-state index is 12.0. The minimum absolute atomic E-state index is 0.142. The summed E-state index contributed by atoms with van der Waals surface area (Å²) in [5, 5.41) is 12.6. The Morgan fingerprint density at radius 3 is 2.68 bits per heavy atom. The number of rotatable bonds is 8. The van der Waals surface area contributed by atoms with Crippen LogP contribution in [0.3, 0.4) is 0 Å². The summed E-state index contributed by atoms with van der Waals surface area (Å²) in [6.45, 7) is 7.86. The summed E-state index contributed by atoms with van der Waals surface area (Å²) in [6.07, 6.45) is 4.40. The largest absolute Gasteiger partial charge is 0.393 e. The average Bonchev–Trinajstić information content (AvgIpc) is 2.37. The number of thiocarbonyl (C=S) groups is 1. The van der Waals surface area contributed by atoms with Crippen LogP contribution in [0.1, 0.15) is 39.5 Å². The molecule has 2 atom stereocenters. The highest BCUT2D eigenvalue weighted by molar-refractivity contribution is 7.80. The minimum Gasteiger partial charge on any atom is -0.393 e. The third kappa shape index (κ3) is 9.44. The highest BCUT2D eigenvalue weighted by Crippen LogP contribution is 2.15. The van der Waals surface area contributed by atoms with Gasteiger partial charge in [-0.2, -0.15) is 0 Å². The van der Waals surface area contributed by atoms with E-state index in [0.717, 1.165) is 19.3 Å². The lowest BCUT2D eigenvalue weighted by molar-refractivity contribution is -0.126. The molecule has 0 aromatic rings. The van der Waals surface area contributed by atoms with Gasteiger partial charge < -0.3 is 10.4 Å². The first kappa shape index (κ1) is 17.9. The van der Waals surface area contributed by atoms with Crippen LogP contribution in [0.4, 0.5) is 0 Å². The van der Waals surface area contributed by atoms with Gasteiger partial charge in [0.15, 0.2) is 5.11 Å². The zero-order chi connectivity index (χ0) is 14.7. The van der Waals surface area contributed by atoms with Crippen molar-refractivity contribution in [1.82, 2.24) is 16.2 Å². The molecule has 0 bridgehead atoms. The molecule has 0 aromatic carbocycles. The predicted octanol–water partition coefficient (Wildman–Crippen LogP) is 1.24. The van der Waals surface area contributed by atoms with Crippen LogP contribution in [-0.4, -0.2) is 28.8 Å². The number of nitrogens with one attached hydrogen (secondary N) is 3. The molecule has 0 rings (SSSR count). The standard InChI is InChI=1S/C13H25N3O2S/c1-4-6-7-11(9-10(3)17)12(18)15-16-13(19)14-8-5-2/h5,10-11,17H,2,4,6-9H2,1,3H3,(H,15,18)(H2,14,16,19)/t10-,11+/m1/s1. The lowest BCUT2D eigenvalue weighted by atomic mass is 9.95. The summed E-state index contributed by atoms with van der Waals surface area (Å²) in [6, 6.07) is 0. The summed E-state index contributed by atoms with van der Waals surface area (Å²) in [5.74, 6) is -0.341. The van der Waals surface area contributed by atoms with Gasteiger partial charge in [0.2, 0.25) is 5.91 Å². The highest BCUT2D eigenvalue weighted by Gasteiger charge is 2.19. The van der Waals surface area contributed by atoms with Crippen LogP contribution in [0, 0.1) is 5.92 Å². The van der Waals surface area contributed by atoms with E-state index in [9.17, 15) is 9.90 Å². The van der Waals surface area contributed by atoms with E-state index in [2.05, 4.69) is 29.7 Å². The van der Waals surface area contributed by atoms with Gasteiger partial charge in [-0.3, -0.25) is 15.6 Å². The molecule has 4 N–H and O–H groups in total. The van der Waals surface area contributed by atoms with Crippen LogP contribution in [0.5, 0.6) is 0 Å². The molecule has 0 saturated heterocycles. The second kappa shape index (κ2) is 10.8. The molecule has 0 aliphatic heterocycles. The number of carbonyl (C=O) groups excluding carboxylic acids is 1. The Morgan fingerprint density at radius 1 is 1.47 bits per heavy atom. The van der Waals surface area contributed by atoms with Gasteiger partial charge in [-0.15, -0.1) is 6.58 Å². The molecule has 0 aromatic heterocycles. The lowest BCUT2D eigenvalue weighted by Gasteiger charge is -2.19. The molecular formula is C13H25N3O2S. The maximum Gasteiger partial charge on any atom is 0.241 e. The second-order valence-corrected chi connectivity index (χ2v) is 4.95. The van der Waals surface area contributed by atoms with E-state index in [4.69, 9.17) is 12.2 Å². The van der Waals surface area contributed by atoms with Crippen molar-refractivity contribution in [2.24, 2.45) is 5.92 Å². The molecule has 0 spiro atoms. The summed E-state index contributed by atoms with van der Waals surface area (Å²) in [7, 11) is 0. The SMILES string of the molecule is C=CCNC(=S)NNC(=O)[C@@H](CCCC)C[C@@H](C)O. The third-order valence-corrected chi connectivity index (χ3v) is 2.86. The summed E-state index contributed by atoms with van der Waals surface area (Å²) in [5.41, 5.74) is 5.21. The highest BCUT2D eigenvalue weighted by atomic mass is 32.1.